The molecule has 110 valence electrons. The van der Waals surface area contributed by atoms with Crippen molar-refractivity contribution in [3.8, 4) is 0 Å². The Balaban J connectivity index is 2.33. The van der Waals surface area contributed by atoms with E-state index in [1.54, 1.807) is 12.1 Å². The lowest BCUT2D eigenvalue weighted by Crippen LogP contribution is -2.15. The van der Waals surface area contributed by atoms with Crippen LogP contribution in [0.2, 0.25) is 0 Å². The normalized spacial score (nSPS) is 11.2. The van der Waals surface area contributed by atoms with Crippen molar-refractivity contribution >= 4 is 37.4 Å². The van der Waals surface area contributed by atoms with E-state index in [-0.39, 0.29) is 16.3 Å². The Labute approximate surface area is 129 Å². The van der Waals surface area contributed by atoms with Gasteiger partial charge in [0.1, 0.15) is 16.1 Å². The van der Waals surface area contributed by atoms with Crippen LogP contribution in [0.15, 0.2) is 45.9 Å². The van der Waals surface area contributed by atoms with Crippen molar-refractivity contribution in [2.75, 3.05) is 11.6 Å². The molecule has 0 saturated carbocycles. The third-order valence-electron chi connectivity index (χ3n) is 2.56. The number of carbonyl (C=O) groups is 1. The number of carbonyl (C=O) groups excluding carboxylic acids is 1. The minimum absolute atomic E-state index is 0.0773. The molecule has 0 bridgehead atoms. The van der Waals surface area contributed by atoms with E-state index in [4.69, 9.17) is 0 Å². The molecule has 0 aliphatic carbocycles. The molecule has 0 unspecified atom stereocenters. The monoisotopic (exact) mass is 372 g/mol. The van der Waals surface area contributed by atoms with Gasteiger partial charge in [0.05, 0.1) is 10.6 Å². The first kappa shape index (κ1) is 15.6. The van der Waals surface area contributed by atoms with Crippen molar-refractivity contribution in [1.29, 1.82) is 0 Å². The van der Waals surface area contributed by atoms with Gasteiger partial charge in [-0.05, 0) is 46.3 Å². The number of halogens is 2. The minimum Gasteiger partial charge on any atom is -0.318 e. The van der Waals surface area contributed by atoms with Crippen LogP contribution in [0.5, 0.6) is 0 Å². The highest BCUT2D eigenvalue weighted by molar-refractivity contribution is 9.10. The van der Waals surface area contributed by atoms with Gasteiger partial charge in [-0.25, -0.2) is 17.8 Å². The fourth-order valence-corrected chi connectivity index (χ4v) is 2.54. The molecule has 5 nitrogen and oxygen atoms in total. The predicted octanol–water partition coefficient (Wildman–Crippen LogP) is 2.64. The van der Waals surface area contributed by atoms with Crippen molar-refractivity contribution < 1.29 is 17.6 Å². The number of pyridine rings is 1. The molecule has 0 saturated heterocycles. The number of anilines is 1. The maximum Gasteiger partial charge on any atom is 0.274 e. The highest BCUT2D eigenvalue weighted by Gasteiger charge is 2.14. The number of aromatic nitrogens is 1. The average molecular weight is 373 g/mol. The van der Waals surface area contributed by atoms with E-state index >= 15 is 0 Å². The minimum atomic E-state index is -3.49. The number of hydrogen-bond donors (Lipinski definition) is 1. The number of amides is 1. The average Bonchev–Trinajstić information content (AvgIpc) is 2.40. The number of hydrogen-bond acceptors (Lipinski definition) is 4. The zero-order chi connectivity index (χ0) is 15.6. The molecule has 1 amide bonds. The highest BCUT2D eigenvalue weighted by atomic mass is 79.9. The van der Waals surface area contributed by atoms with Crippen LogP contribution in [0, 0.1) is 5.82 Å². The van der Waals surface area contributed by atoms with Crippen LogP contribution in [0.3, 0.4) is 0 Å². The first-order valence-corrected chi connectivity index (χ1v) is 8.39. The highest BCUT2D eigenvalue weighted by Crippen LogP contribution is 2.20. The Morgan fingerprint density at radius 3 is 2.62 bits per heavy atom. The molecule has 0 radical (unpaired) electrons. The summed E-state index contributed by atoms with van der Waals surface area (Å²) in [5.41, 5.74) is -0.141. The van der Waals surface area contributed by atoms with E-state index in [0.717, 1.165) is 24.5 Å². The zero-order valence-electron chi connectivity index (χ0n) is 10.8. The molecule has 0 aliphatic heterocycles. The van der Waals surface area contributed by atoms with Gasteiger partial charge in [-0.1, -0.05) is 6.07 Å². The molecule has 2 rings (SSSR count). The Hall–Kier alpha value is -1.80. The lowest BCUT2D eigenvalue weighted by molar-refractivity contribution is 0.102. The summed E-state index contributed by atoms with van der Waals surface area (Å²) in [6.07, 6.45) is 1.00. The molecular weight excluding hydrogens is 363 g/mol. The van der Waals surface area contributed by atoms with Gasteiger partial charge in [-0.15, -0.1) is 0 Å². The summed E-state index contributed by atoms with van der Waals surface area (Å²) >= 11 is 3.12. The Bertz CT molecular complexity index is 809. The Kier molecular flexibility index (Phi) is 4.38. The summed E-state index contributed by atoms with van der Waals surface area (Å²) in [6.45, 7) is 0. The van der Waals surface area contributed by atoms with Crippen LogP contribution < -0.4 is 5.32 Å². The standard InChI is InChI=1S/C13H10BrFN2O3S/c1-21(19,20)8-5-6-9(15)11(7-8)17-13(18)10-3-2-4-12(14)16-10/h2-7H,1H3,(H,17,18). The van der Waals surface area contributed by atoms with Crippen molar-refractivity contribution in [2.45, 2.75) is 4.90 Å². The molecule has 0 fully saturated rings. The summed E-state index contributed by atoms with van der Waals surface area (Å²) in [4.78, 5) is 15.8. The molecule has 1 aromatic carbocycles. The van der Waals surface area contributed by atoms with Crippen LogP contribution in [0.4, 0.5) is 10.1 Å². The van der Waals surface area contributed by atoms with Crippen LogP contribution >= 0.6 is 15.9 Å². The fourth-order valence-electron chi connectivity index (χ4n) is 1.55. The van der Waals surface area contributed by atoms with E-state index < -0.39 is 21.6 Å². The smallest absolute Gasteiger partial charge is 0.274 e. The molecule has 1 N–H and O–H groups in total. The van der Waals surface area contributed by atoms with E-state index in [0.29, 0.717) is 4.60 Å². The van der Waals surface area contributed by atoms with Crippen molar-refractivity contribution in [2.24, 2.45) is 0 Å². The van der Waals surface area contributed by atoms with Crippen LogP contribution in [0.25, 0.3) is 0 Å². The largest absolute Gasteiger partial charge is 0.318 e. The van der Waals surface area contributed by atoms with Gasteiger partial charge in [0.25, 0.3) is 5.91 Å². The maximum atomic E-state index is 13.7. The number of nitrogens with zero attached hydrogens (tertiary/aromatic N) is 1. The number of benzene rings is 1. The topological polar surface area (TPSA) is 76.1 Å². The Morgan fingerprint density at radius 1 is 1.29 bits per heavy atom. The van der Waals surface area contributed by atoms with Gasteiger partial charge >= 0.3 is 0 Å². The number of sulfone groups is 1. The van der Waals surface area contributed by atoms with Crippen LogP contribution in [0.1, 0.15) is 10.5 Å². The summed E-state index contributed by atoms with van der Waals surface area (Å²) in [7, 11) is -3.49. The molecule has 1 heterocycles. The Morgan fingerprint density at radius 2 is 2.00 bits per heavy atom. The summed E-state index contributed by atoms with van der Waals surface area (Å²) < 4.78 is 37.0. The van der Waals surface area contributed by atoms with Gasteiger partial charge in [0.2, 0.25) is 0 Å². The predicted molar refractivity (Wildman–Crippen MR) is 79.4 cm³/mol. The third kappa shape index (κ3) is 3.85. The van der Waals surface area contributed by atoms with Gasteiger partial charge in [-0.3, -0.25) is 4.79 Å². The lowest BCUT2D eigenvalue weighted by atomic mass is 10.3. The summed E-state index contributed by atoms with van der Waals surface area (Å²) in [5.74, 6) is -1.37. The molecule has 8 heteroatoms. The van der Waals surface area contributed by atoms with Crippen molar-refractivity contribution in [3.05, 3.63) is 52.5 Å². The van der Waals surface area contributed by atoms with Gasteiger partial charge in [0.15, 0.2) is 9.84 Å². The molecule has 2 aromatic rings. The van der Waals surface area contributed by atoms with E-state index in [9.17, 15) is 17.6 Å². The first-order chi connectivity index (χ1) is 9.77. The quantitative estimate of drug-likeness (QED) is 0.663. The lowest BCUT2D eigenvalue weighted by Gasteiger charge is -2.08. The molecule has 21 heavy (non-hydrogen) atoms. The third-order valence-corrected chi connectivity index (χ3v) is 4.11. The summed E-state index contributed by atoms with van der Waals surface area (Å²) in [6, 6.07) is 7.90. The van der Waals surface area contributed by atoms with E-state index in [2.05, 4.69) is 26.2 Å². The second-order valence-electron chi connectivity index (χ2n) is 4.21. The van der Waals surface area contributed by atoms with Crippen LogP contribution in [-0.2, 0) is 9.84 Å². The first-order valence-electron chi connectivity index (χ1n) is 5.71. The van der Waals surface area contributed by atoms with E-state index in [1.807, 2.05) is 0 Å². The maximum absolute atomic E-state index is 13.7. The second kappa shape index (κ2) is 5.90. The molecule has 0 spiro atoms. The second-order valence-corrected chi connectivity index (χ2v) is 7.04. The zero-order valence-corrected chi connectivity index (χ0v) is 13.2. The van der Waals surface area contributed by atoms with Crippen molar-refractivity contribution in [3.63, 3.8) is 0 Å². The van der Waals surface area contributed by atoms with Gasteiger partial charge < -0.3 is 5.32 Å². The molecule has 0 atom stereocenters. The van der Waals surface area contributed by atoms with Crippen LogP contribution in [-0.4, -0.2) is 25.6 Å². The van der Waals surface area contributed by atoms with Crippen molar-refractivity contribution in [1.82, 2.24) is 4.98 Å². The molecule has 0 aliphatic rings. The molecular formula is C13H10BrFN2O3S. The number of rotatable bonds is 3. The summed E-state index contributed by atoms with van der Waals surface area (Å²) in [5, 5.41) is 2.30. The van der Waals surface area contributed by atoms with Gasteiger partial charge in [-0.2, -0.15) is 0 Å². The van der Waals surface area contributed by atoms with Gasteiger partial charge in [0, 0.05) is 6.26 Å². The van der Waals surface area contributed by atoms with E-state index in [1.165, 1.54) is 6.07 Å². The fraction of sp³-hybridized carbons (Fsp3) is 0.0769. The SMILES string of the molecule is CS(=O)(=O)c1ccc(F)c(NC(=O)c2cccc(Br)n2)c1. The number of nitrogens with one attached hydrogen (secondary N) is 1. The molecule has 1 aromatic heterocycles.